The van der Waals surface area contributed by atoms with Crippen LogP contribution in [0.2, 0.25) is 5.02 Å². The molecular weight excluding hydrogens is 222 g/mol. The van der Waals surface area contributed by atoms with E-state index in [1.807, 2.05) is 25.1 Å². The molecule has 2 rings (SSSR count). The van der Waals surface area contributed by atoms with Crippen LogP contribution in [-0.4, -0.2) is 19.1 Å². The van der Waals surface area contributed by atoms with E-state index in [-0.39, 0.29) is 0 Å². The first kappa shape index (κ1) is 10.7. The first-order valence-electron chi connectivity index (χ1n) is 4.79. The molecule has 0 amide bonds. The van der Waals surface area contributed by atoms with E-state index in [9.17, 15) is 0 Å². The first-order valence-corrected chi connectivity index (χ1v) is 5.17. The minimum Gasteiger partial charge on any atom is -0.363 e. The fourth-order valence-electron chi connectivity index (χ4n) is 1.51. The summed E-state index contributed by atoms with van der Waals surface area (Å²) in [5.74, 6) is 0.756. The number of hydrogen-bond donors (Lipinski definition) is 0. The van der Waals surface area contributed by atoms with Gasteiger partial charge in [-0.2, -0.15) is 5.26 Å². The standard InChI is InChI=1S/C12H10ClN3/c1-16(2)12-5-8(7-14)10-4-3-9(13)6-11(10)15-12/h3-6H,1-2H3. The summed E-state index contributed by atoms with van der Waals surface area (Å²) in [6.45, 7) is 0. The quantitative estimate of drug-likeness (QED) is 0.758. The van der Waals surface area contributed by atoms with Crippen LogP contribution in [0.3, 0.4) is 0 Å². The van der Waals surface area contributed by atoms with Crippen LogP contribution in [0.4, 0.5) is 5.82 Å². The Morgan fingerprint density at radius 1 is 1.31 bits per heavy atom. The molecule has 2 aromatic rings. The predicted molar refractivity (Wildman–Crippen MR) is 65.8 cm³/mol. The Labute approximate surface area is 98.9 Å². The fourth-order valence-corrected chi connectivity index (χ4v) is 1.68. The second-order valence-corrected chi connectivity index (χ2v) is 4.13. The van der Waals surface area contributed by atoms with Crippen molar-refractivity contribution in [3.05, 3.63) is 34.9 Å². The molecule has 0 fully saturated rings. The molecule has 0 unspecified atom stereocenters. The van der Waals surface area contributed by atoms with Gasteiger partial charge in [0, 0.05) is 24.5 Å². The van der Waals surface area contributed by atoms with E-state index >= 15 is 0 Å². The van der Waals surface area contributed by atoms with Crippen molar-refractivity contribution in [2.45, 2.75) is 0 Å². The number of benzene rings is 1. The van der Waals surface area contributed by atoms with Gasteiger partial charge in [-0.25, -0.2) is 4.98 Å². The Bertz CT molecular complexity index is 585. The maximum Gasteiger partial charge on any atom is 0.130 e. The van der Waals surface area contributed by atoms with Crippen molar-refractivity contribution in [3.63, 3.8) is 0 Å². The number of fused-ring (bicyclic) bond motifs is 1. The van der Waals surface area contributed by atoms with Gasteiger partial charge in [-0.1, -0.05) is 11.6 Å². The number of aromatic nitrogens is 1. The lowest BCUT2D eigenvalue weighted by Gasteiger charge is -2.12. The van der Waals surface area contributed by atoms with E-state index in [0.717, 1.165) is 16.7 Å². The van der Waals surface area contributed by atoms with E-state index in [2.05, 4.69) is 11.1 Å². The lowest BCUT2D eigenvalue weighted by Crippen LogP contribution is -2.10. The first-order chi connectivity index (χ1) is 7.61. The largest absolute Gasteiger partial charge is 0.363 e. The maximum absolute atomic E-state index is 9.08. The van der Waals surface area contributed by atoms with Crippen molar-refractivity contribution < 1.29 is 0 Å². The van der Waals surface area contributed by atoms with E-state index in [1.165, 1.54) is 0 Å². The van der Waals surface area contributed by atoms with Crippen LogP contribution in [-0.2, 0) is 0 Å². The van der Waals surface area contributed by atoms with Crippen molar-refractivity contribution in [1.82, 2.24) is 4.98 Å². The lowest BCUT2D eigenvalue weighted by molar-refractivity contribution is 1.08. The van der Waals surface area contributed by atoms with E-state index in [1.54, 1.807) is 18.2 Å². The SMILES string of the molecule is CN(C)c1cc(C#N)c2ccc(Cl)cc2n1. The minimum atomic E-state index is 0.616. The summed E-state index contributed by atoms with van der Waals surface area (Å²) in [6.07, 6.45) is 0. The van der Waals surface area contributed by atoms with Gasteiger partial charge in [0.2, 0.25) is 0 Å². The maximum atomic E-state index is 9.08. The summed E-state index contributed by atoms with van der Waals surface area (Å²) in [5, 5.41) is 10.5. The molecular formula is C12H10ClN3. The molecule has 0 atom stereocenters. The average Bonchev–Trinajstić information content (AvgIpc) is 2.26. The van der Waals surface area contributed by atoms with Crippen LogP contribution in [0.15, 0.2) is 24.3 Å². The highest BCUT2D eigenvalue weighted by atomic mass is 35.5. The van der Waals surface area contributed by atoms with Crippen LogP contribution in [0.5, 0.6) is 0 Å². The Balaban J connectivity index is 2.80. The molecule has 0 spiro atoms. The van der Waals surface area contributed by atoms with Gasteiger partial charge in [-0.15, -0.1) is 0 Å². The van der Waals surface area contributed by atoms with Crippen LogP contribution in [0.25, 0.3) is 10.9 Å². The zero-order valence-corrected chi connectivity index (χ0v) is 9.78. The lowest BCUT2D eigenvalue weighted by atomic mass is 10.1. The molecule has 0 N–H and O–H groups in total. The summed E-state index contributed by atoms with van der Waals surface area (Å²) >= 11 is 5.91. The molecule has 0 aliphatic rings. The second kappa shape index (κ2) is 3.99. The smallest absolute Gasteiger partial charge is 0.130 e. The highest BCUT2D eigenvalue weighted by Crippen LogP contribution is 2.24. The van der Waals surface area contributed by atoms with Gasteiger partial charge in [0.15, 0.2) is 0 Å². The molecule has 16 heavy (non-hydrogen) atoms. The number of pyridine rings is 1. The zero-order chi connectivity index (χ0) is 11.7. The van der Waals surface area contributed by atoms with Crippen LogP contribution >= 0.6 is 11.6 Å². The van der Waals surface area contributed by atoms with Crippen LogP contribution in [0, 0.1) is 11.3 Å². The summed E-state index contributed by atoms with van der Waals surface area (Å²) in [4.78, 5) is 6.30. The fraction of sp³-hybridized carbons (Fsp3) is 0.167. The van der Waals surface area contributed by atoms with Gasteiger partial charge in [-0.05, 0) is 24.3 Å². The van der Waals surface area contributed by atoms with Gasteiger partial charge in [0.1, 0.15) is 5.82 Å². The zero-order valence-electron chi connectivity index (χ0n) is 9.03. The third-order valence-electron chi connectivity index (χ3n) is 2.34. The number of hydrogen-bond acceptors (Lipinski definition) is 3. The van der Waals surface area contributed by atoms with E-state index in [0.29, 0.717) is 10.6 Å². The van der Waals surface area contributed by atoms with Crippen molar-refractivity contribution in [1.29, 1.82) is 5.26 Å². The third-order valence-corrected chi connectivity index (χ3v) is 2.57. The summed E-state index contributed by atoms with van der Waals surface area (Å²) < 4.78 is 0. The molecule has 0 radical (unpaired) electrons. The van der Waals surface area contributed by atoms with Gasteiger partial charge in [0.25, 0.3) is 0 Å². The molecule has 0 saturated heterocycles. The van der Waals surface area contributed by atoms with Gasteiger partial charge in [-0.3, -0.25) is 0 Å². The Hall–Kier alpha value is -1.79. The molecule has 0 saturated carbocycles. The topological polar surface area (TPSA) is 39.9 Å². The third kappa shape index (κ3) is 1.80. The highest BCUT2D eigenvalue weighted by Gasteiger charge is 2.07. The predicted octanol–water partition coefficient (Wildman–Crippen LogP) is 2.83. The van der Waals surface area contributed by atoms with Crippen molar-refractivity contribution >= 4 is 28.3 Å². The second-order valence-electron chi connectivity index (χ2n) is 3.70. The van der Waals surface area contributed by atoms with Crippen LogP contribution in [0.1, 0.15) is 5.56 Å². The van der Waals surface area contributed by atoms with Crippen molar-refractivity contribution in [2.24, 2.45) is 0 Å². The number of nitriles is 1. The van der Waals surface area contributed by atoms with Gasteiger partial charge < -0.3 is 4.90 Å². The highest BCUT2D eigenvalue weighted by molar-refractivity contribution is 6.31. The molecule has 1 aromatic carbocycles. The molecule has 0 aliphatic heterocycles. The summed E-state index contributed by atoms with van der Waals surface area (Å²) in [7, 11) is 3.78. The molecule has 0 aliphatic carbocycles. The van der Waals surface area contributed by atoms with Crippen molar-refractivity contribution in [2.75, 3.05) is 19.0 Å². The van der Waals surface area contributed by atoms with Gasteiger partial charge >= 0.3 is 0 Å². The van der Waals surface area contributed by atoms with Gasteiger partial charge in [0.05, 0.1) is 17.1 Å². The molecule has 3 nitrogen and oxygen atoms in total. The molecule has 1 heterocycles. The average molecular weight is 232 g/mol. The Kier molecular flexibility index (Phi) is 2.67. The molecule has 1 aromatic heterocycles. The van der Waals surface area contributed by atoms with Crippen LogP contribution < -0.4 is 4.90 Å². The number of nitrogens with zero attached hydrogens (tertiary/aromatic N) is 3. The summed E-state index contributed by atoms with van der Waals surface area (Å²) in [6, 6.07) is 9.31. The molecule has 0 bridgehead atoms. The number of anilines is 1. The number of halogens is 1. The van der Waals surface area contributed by atoms with Crippen molar-refractivity contribution in [3.8, 4) is 6.07 Å². The number of rotatable bonds is 1. The van der Waals surface area contributed by atoms with E-state index < -0.39 is 0 Å². The monoisotopic (exact) mass is 231 g/mol. The van der Waals surface area contributed by atoms with E-state index in [4.69, 9.17) is 16.9 Å². The molecule has 4 heteroatoms. The summed E-state index contributed by atoms with van der Waals surface area (Å²) in [5.41, 5.74) is 1.36. The Morgan fingerprint density at radius 3 is 2.69 bits per heavy atom. The molecule has 80 valence electrons. The minimum absolute atomic E-state index is 0.616. The normalized spacial score (nSPS) is 10.1. The Morgan fingerprint density at radius 2 is 2.06 bits per heavy atom.